The molecule has 0 unspecified atom stereocenters. The normalized spacial score (nSPS) is 11.6. The lowest BCUT2D eigenvalue weighted by atomic mass is 10.1. The van der Waals surface area contributed by atoms with Crippen LogP contribution in [-0.2, 0) is 11.2 Å². The minimum Gasteiger partial charge on any atom is -0.480 e. The van der Waals surface area contributed by atoms with Gasteiger partial charge in [-0.05, 0) is 11.6 Å². The lowest BCUT2D eigenvalue weighted by Crippen LogP contribution is -2.42. The second-order valence-electron chi connectivity index (χ2n) is 4.36. The number of nitrogens with one attached hydrogen (secondary N) is 2. The average molecular weight is 287 g/mol. The number of aromatic nitrogens is 2. The van der Waals surface area contributed by atoms with Crippen LogP contribution >= 0.6 is 0 Å². The molecular formula is C14H13N3O4. The largest absolute Gasteiger partial charge is 0.480 e. The Morgan fingerprint density at radius 1 is 1.19 bits per heavy atom. The molecular weight excluding hydrogens is 274 g/mol. The van der Waals surface area contributed by atoms with Crippen LogP contribution in [0.1, 0.15) is 16.1 Å². The predicted molar refractivity (Wildman–Crippen MR) is 73.9 cm³/mol. The zero-order chi connectivity index (χ0) is 15.2. The summed E-state index contributed by atoms with van der Waals surface area (Å²) in [4.78, 5) is 34.0. The summed E-state index contributed by atoms with van der Waals surface area (Å²) in [5.74, 6) is -1.80. The second kappa shape index (κ2) is 6.47. The number of benzene rings is 1. The molecule has 1 aromatic carbocycles. The van der Waals surface area contributed by atoms with Gasteiger partial charge in [0, 0.05) is 12.5 Å². The Labute approximate surface area is 119 Å². The van der Waals surface area contributed by atoms with Crippen LogP contribution in [0, 0.1) is 0 Å². The number of nitrogens with zero attached hydrogens (tertiary/aromatic N) is 1. The Hall–Kier alpha value is -2.96. The van der Waals surface area contributed by atoms with E-state index in [0.717, 1.165) is 11.6 Å². The van der Waals surface area contributed by atoms with Gasteiger partial charge in [-0.15, -0.1) is 0 Å². The Balaban J connectivity index is 2.09. The molecule has 108 valence electrons. The summed E-state index contributed by atoms with van der Waals surface area (Å²) < 4.78 is 0. The van der Waals surface area contributed by atoms with Crippen LogP contribution < -0.4 is 10.9 Å². The number of aliphatic carboxylic acids is 1. The smallest absolute Gasteiger partial charge is 0.326 e. The highest BCUT2D eigenvalue weighted by atomic mass is 16.4. The number of hydrogen-bond acceptors (Lipinski definition) is 4. The summed E-state index contributed by atoms with van der Waals surface area (Å²) in [7, 11) is 0. The third-order valence-electron chi connectivity index (χ3n) is 2.80. The zero-order valence-electron chi connectivity index (χ0n) is 10.9. The van der Waals surface area contributed by atoms with Crippen LogP contribution in [0.25, 0.3) is 0 Å². The lowest BCUT2D eigenvalue weighted by molar-refractivity contribution is -0.139. The first-order valence-corrected chi connectivity index (χ1v) is 6.19. The molecule has 0 radical (unpaired) electrons. The fourth-order valence-corrected chi connectivity index (χ4v) is 1.75. The molecule has 1 atom stereocenters. The third kappa shape index (κ3) is 4.00. The van der Waals surface area contributed by atoms with E-state index < -0.39 is 23.5 Å². The van der Waals surface area contributed by atoms with Crippen molar-refractivity contribution in [2.45, 2.75) is 12.5 Å². The molecule has 1 heterocycles. The van der Waals surface area contributed by atoms with E-state index >= 15 is 0 Å². The van der Waals surface area contributed by atoms with E-state index in [1.165, 1.54) is 6.07 Å². The number of H-pyrrole nitrogens is 1. The standard InChI is InChI=1S/C14H13N3O4/c18-12-7-6-10(16-17-12)13(19)15-11(14(20)21)8-9-4-2-1-3-5-9/h1-7,11H,8H2,(H,15,19)(H,17,18)(H,20,21)/t11-/m1/s1. The SMILES string of the molecule is O=C(N[C@H](Cc1ccccc1)C(=O)O)c1ccc(=O)[nH]n1. The molecule has 21 heavy (non-hydrogen) atoms. The van der Waals surface area contributed by atoms with Crippen molar-refractivity contribution in [1.82, 2.24) is 15.5 Å². The summed E-state index contributed by atoms with van der Waals surface area (Å²) >= 11 is 0. The Morgan fingerprint density at radius 3 is 2.48 bits per heavy atom. The van der Waals surface area contributed by atoms with E-state index in [1.807, 2.05) is 6.07 Å². The van der Waals surface area contributed by atoms with Crippen molar-refractivity contribution >= 4 is 11.9 Å². The number of carboxylic acid groups (broad SMARTS) is 1. The highest BCUT2D eigenvalue weighted by molar-refractivity contribution is 5.94. The van der Waals surface area contributed by atoms with Gasteiger partial charge in [0.15, 0.2) is 0 Å². The van der Waals surface area contributed by atoms with Crippen LogP contribution in [0.5, 0.6) is 0 Å². The summed E-state index contributed by atoms with van der Waals surface area (Å²) in [6.45, 7) is 0. The summed E-state index contributed by atoms with van der Waals surface area (Å²) in [6.07, 6.45) is 0.158. The van der Waals surface area contributed by atoms with Crippen LogP contribution in [0.15, 0.2) is 47.3 Å². The fraction of sp³-hybridized carbons (Fsp3) is 0.143. The maximum absolute atomic E-state index is 11.9. The fourth-order valence-electron chi connectivity index (χ4n) is 1.75. The number of rotatable bonds is 5. The molecule has 7 heteroatoms. The minimum absolute atomic E-state index is 0.0473. The van der Waals surface area contributed by atoms with Crippen LogP contribution in [-0.4, -0.2) is 33.2 Å². The van der Waals surface area contributed by atoms with Crippen LogP contribution in [0.3, 0.4) is 0 Å². The van der Waals surface area contributed by atoms with Crippen molar-refractivity contribution in [1.29, 1.82) is 0 Å². The third-order valence-corrected chi connectivity index (χ3v) is 2.80. The number of carbonyl (C=O) groups is 2. The molecule has 1 amide bonds. The van der Waals surface area contributed by atoms with E-state index in [4.69, 9.17) is 0 Å². The van der Waals surface area contributed by atoms with Crippen molar-refractivity contribution in [3.8, 4) is 0 Å². The van der Waals surface area contributed by atoms with Gasteiger partial charge in [0.1, 0.15) is 11.7 Å². The van der Waals surface area contributed by atoms with Gasteiger partial charge >= 0.3 is 5.97 Å². The molecule has 0 saturated heterocycles. The van der Waals surface area contributed by atoms with E-state index in [9.17, 15) is 19.5 Å². The van der Waals surface area contributed by atoms with Gasteiger partial charge in [-0.3, -0.25) is 9.59 Å². The van der Waals surface area contributed by atoms with Crippen LogP contribution in [0.2, 0.25) is 0 Å². The van der Waals surface area contributed by atoms with Gasteiger partial charge in [-0.1, -0.05) is 30.3 Å². The first kappa shape index (κ1) is 14.4. The van der Waals surface area contributed by atoms with Crippen molar-refractivity contribution in [2.24, 2.45) is 0 Å². The van der Waals surface area contributed by atoms with Gasteiger partial charge in [0.2, 0.25) is 0 Å². The maximum Gasteiger partial charge on any atom is 0.326 e. The molecule has 3 N–H and O–H groups in total. The number of hydrogen-bond donors (Lipinski definition) is 3. The van der Waals surface area contributed by atoms with Gasteiger partial charge in [-0.25, -0.2) is 9.89 Å². The molecule has 2 rings (SSSR count). The molecule has 0 aliphatic carbocycles. The quantitative estimate of drug-likeness (QED) is 0.727. The highest BCUT2D eigenvalue weighted by Gasteiger charge is 2.21. The molecule has 0 aliphatic heterocycles. The zero-order valence-corrected chi connectivity index (χ0v) is 10.9. The van der Waals surface area contributed by atoms with Crippen molar-refractivity contribution < 1.29 is 14.7 Å². The van der Waals surface area contributed by atoms with E-state index in [2.05, 4.69) is 15.5 Å². The monoisotopic (exact) mass is 287 g/mol. The lowest BCUT2D eigenvalue weighted by Gasteiger charge is -2.14. The van der Waals surface area contributed by atoms with Gasteiger partial charge < -0.3 is 10.4 Å². The van der Waals surface area contributed by atoms with E-state index in [-0.39, 0.29) is 12.1 Å². The molecule has 0 fully saturated rings. The number of amides is 1. The molecule has 2 aromatic rings. The van der Waals surface area contributed by atoms with E-state index in [0.29, 0.717) is 0 Å². The first-order chi connectivity index (χ1) is 10.1. The predicted octanol–water partition coefficient (Wildman–Crippen LogP) is 0.196. The molecule has 0 saturated carbocycles. The van der Waals surface area contributed by atoms with Gasteiger partial charge in [0.25, 0.3) is 11.5 Å². The Morgan fingerprint density at radius 2 is 1.90 bits per heavy atom. The maximum atomic E-state index is 11.9. The summed E-state index contributed by atoms with van der Waals surface area (Å²) in [6, 6.07) is 10.3. The summed E-state index contributed by atoms with van der Waals surface area (Å²) in [5, 5.41) is 17.2. The van der Waals surface area contributed by atoms with Crippen molar-refractivity contribution in [3.63, 3.8) is 0 Å². The highest BCUT2D eigenvalue weighted by Crippen LogP contribution is 2.04. The van der Waals surface area contributed by atoms with Gasteiger partial charge in [0.05, 0.1) is 0 Å². The number of carboxylic acids is 1. The van der Waals surface area contributed by atoms with Gasteiger partial charge in [-0.2, -0.15) is 5.10 Å². The molecule has 0 bridgehead atoms. The molecule has 7 nitrogen and oxygen atoms in total. The topological polar surface area (TPSA) is 112 Å². The molecule has 0 aliphatic rings. The first-order valence-electron chi connectivity index (χ1n) is 6.19. The Bertz CT molecular complexity index is 676. The Kier molecular flexibility index (Phi) is 4.45. The average Bonchev–Trinajstić information content (AvgIpc) is 2.48. The van der Waals surface area contributed by atoms with Crippen LogP contribution in [0.4, 0.5) is 0 Å². The second-order valence-corrected chi connectivity index (χ2v) is 4.36. The van der Waals surface area contributed by atoms with Crippen molar-refractivity contribution in [2.75, 3.05) is 0 Å². The minimum atomic E-state index is -1.14. The molecule has 1 aromatic heterocycles. The van der Waals surface area contributed by atoms with Crippen molar-refractivity contribution in [3.05, 3.63) is 64.1 Å². The number of carbonyl (C=O) groups excluding carboxylic acids is 1. The number of aromatic amines is 1. The van der Waals surface area contributed by atoms with E-state index in [1.54, 1.807) is 24.3 Å². The summed E-state index contributed by atoms with van der Waals surface area (Å²) in [5.41, 5.74) is 0.305. The molecule has 0 spiro atoms.